The lowest BCUT2D eigenvalue weighted by molar-refractivity contribution is 0.0739. The van der Waals surface area contributed by atoms with Gasteiger partial charge in [0.15, 0.2) is 0 Å². The molecule has 0 aliphatic carbocycles. The van der Waals surface area contributed by atoms with Gasteiger partial charge in [0.2, 0.25) is 0 Å². The van der Waals surface area contributed by atoms with Crippen LogP contribution < -0.4 is 0 Å². The lowest BCUT2D eigenvalue weighted by Gasteiger charge is -2.18. The molecule has 1 aliphatic rings. The second-order valence-electron chi connectivity index (χ2n) is 6.75. The summed E-state index contributed by atoms with van der Waals surface area (Å²) < 4.78 is 3.82. The molecule has 0 N–H and O–H groups in total. The Morgan fingerprint density at radius 1 is 1.15 bits per heavy atom. The molecule has 0 saturated heterocycles. The predicted molar refractivity (Wildman–Crippen MR) is 99.7 cm³/mol. The van der Waals surface area contributed by atoms with Crippen LogP contribution in [-0.4, -0.2) is 36.9 Å². The van der Waals surface area contributed by atoms with E-state index in [2.05, 4.69) is 42.4 Å². The Balaban J connectivity index is 1.59. The van der Waals surface area contributed by atoms with Crippen molar-refractivity contribution in [1.82, 2.24) is 24.5 Å². The molecule has 0 bridgehead atoms. The first-order valence-corrected chi connectivity index (χ1v) is 9.10. The second-order valence-corrected chi connectivity index (χ2v) is 6.75. The average molecular weight is 349 g/mol. The fourth-order valence-electron chi connectivity index (χ4n) is 3.39. The standard InChI is InChI=1S/C20H23N5O/c1-3-24-11-8-18(21-24)20(26)23-9-5-10-25-17(14-23)13-19(22-25)16-7-4-6-15(2)12-16/h4,6-8,11-13H,3,5,9-10,14H2,1-2H3. The number of hydrogen-bond donors (Lipinski definition) is 0. The van der Waals surface area contributed by atoms with E-state index in [1.807, 2.05) is 22.7 Å². The quantitative estimate of drug-likeness (QED) is 0.730. The van der Waals surface area contributed by atoms with Gasteiger partial charge in [-0.15, -0.1) is 0 Å². The molecule has 26 heavy (non-hydrogen) atoms. The van der Waals surface area contributed by atoms with Crippen LogP contribution in [0.25, 0.3) is 11.3 Å². The largest absolute Gasteiger partial charge is 0.331 e. The zero-order valence-electron chi connectivity index (χ0n) is 15.2. The van der Waals surface area contributed by atoms with Crippen LogP contribution in [0.5, 0.6) is 0 Å². The van der Waals surface area contributed by atoms with E-state index in [9.17, 15) is 4.79 Å². The maximum Gasteiger partial charge on any atom is 0.274 e. The number of fused-ring (bicyclic) bond motifs is 1. The first-order chi connectivity index (χ1) is 12.6. The number of benzene rings is 1. The molecule has 0 unspecified atom stereocenters. The van der Waals surface area contributed by atoms with E-state index in [-0.39, 0.29) is 5.91 Å². The van der Waals surface area contributed by atoms with Gasteiger partial charge in [0.1, 0.15) is 5.69 Å². The zero-order chi connectivity index (χ0) is 18.1. The van der Waals surface area contributed by atoms with Crippen LogP contribution in [0, 0.1) is 6.92 Å². The Morgan fingerprint density at radius 3 is 2.81 bits per heavy atom. The van der Waals surface area contributed by atoms with Gasteiger partial charge in [0.25, 0.3) is 5.91 Å². The number of carbonyl (C=O) groups excluding carboxylic acids is 1. The molecule has 0 atom stereocenters. The van der Waals surface area contributed by atoms with E-state index in [1.54, 1.807) is 10.7 Å². The molecule has 0 radical (unpaired) electrons. The summed E-state index contributed by atoms with van der Waals surface area (Å²) in [4.78, 5) is 14.7. The van der Waals surface area contributed by atoms with Crippen LogP contribution in [0.1, 0.15) is 35.1 Å². The highest BCUT2D eigenvalue weighted by molar-refractivity contribution is 5.92. The first kappa shape index (κ1) is 16.6. The van der Waals surface area contributed by atoms with Gasteiger partial charge in [0, 0.05) is 31.4 Å². The monoisotopic (exact) mass is 349 g/mol. The smallest absolute Gasteiger partial charge is 0.274 e. The van der Waals surface area contributed by atoms with Crippen molar-refractivity contribution in [2.45, 2.75) is 39.9 Å². The second kappa shape index (κ2) is 6.78. The predicted octanol–water partition coefficient (Wildman–Crippen LogP) is 3.12. The third-order valence-corrected chi connectivity index (χ3v) is 4.80. The summed E-state index contributed by atoms with van der Waals surface area (Å²) in [5.74, 6) is -0.0102. The summed E-state index contributed by atoms with van der Waals surface area (Å²) in [7, 11) is 0. The van der Waals surface area contributed by atoms with E-state index >= 15 is 0 Å². The Hall–Kier alpha value is -2.89. The minimum Gasteiger partial charge on any atom is -0.331 e. The van der Waals surface area contributed by atoms with Crippen LogP contribution in [0.15, 0.2) is 42.6 Å². The van der Waals surface area contributed by atoms with Crippen LogP contribution >= 0.6 is 0 Å². The number of aromatic nitrogens is 4. The molecule has 1 aromatic carbocycles. The van der Waals surface area contributed by atoms with Crippen molar-refractivity contribution in [2.24, 2.45) is 0 Å². The third kappa shape index (κ3) is 3.14. The fraction of sp³-hybridized carbons (Fsp3) is 0.350. The van der Waals surface area contributed by atoms with Gasteiger partial charge < -0.3 is 4.90 Å². The zero-order valence-corrected chi connectivity index (χ0v) is 15.2. The number of carbonyl (C=O) groups is 1. The molecule has 4 rings (SSSR count). The van der Waals surface area contributed by atoms with Gasteiger partial charge in [-0.2, -0.15) is 10.2 Å². The average Bonchev–Trinajstić information content (AvgIpc) is 3.23. The molecule has 134 valence electrons. The Labute approximate surface area is 153 Å². The molecule has 0 spiro atoms. The minimum atomic E-state index is -0.0102. The van der Waals surface area contributed by atoms with Gasteiger partial charge in [-0.25, -0.2) is 0 Å². The molecule has 0 fully saturated rings. The summed E-state index contributed by atoms with van der Waals surface area (Å²) in [6.07, 6.45) is 2.74. The van der Waals surface area contributed by atoms with Crippen molar-refractivity contribution in [3.8, 4) is 11.3 Å². The lowest BCUT2D eigenvalue weighted by Crippen LogP contribution is -2.31. The summed E-state index contributed by atoms with van der Waals surface area (Å²) in [6.45, 7) is 6.98. The summed E-state index contributed by atoms with van der Waals surface area (Å²) in [5.41, 5.74) is 4.88. The minimum absolute atomic E-state index is 0.0102. The van der Waals surface area contributed by atoms with E-state index < -0.39 is 0 Å². The molecule has 6 heteroatoms. The number of nitrogens with zero attached hydrogens (tertiary/aromatic N) is 5. The van der Waals surface area contributed by atoms with Crippen molar-refractivity contribution in [3.05, 3.63) is 59.5 Å². The van der Waals surface area contributed by atoms with E-state index in [4.69, 9.17) is 5.10 Å². The van der Waals surface area contributed by atoms with E-state index in [1.165, 1.54) is 5.56 Å². The third-order valence-electron chi connectivity index (χ3n) is 4.80. The summed E-state index contributed by atoms with van der Waals surface area (Å²) >= 11 is 0. The van der Waals surface area contributed by atoms with Crippen LogP contribution in [0.3, 0.4) is 0 Å². The molecule has 3 heterocycles. The van der Waals surface area contributed by atoms with Crippen molar-refractivity contribution in [1.29, 1.82) is 0 Å². The van der Waals surface area contributed by atoms with Crippen molar-refractivity contribution in [2.75, 3.05) is 6.54 Å². The summed E-state index contributed by atoms with van der Waals surface area (Å²) in [5, 5.41) is 9.12. The fourth-order valence-corrected chi connectivity index (χ4v) is 3.39. The van der Waals surface area contributed by atoms with Crippen LogP contribution in [-0.2, 0) is 19.6 Å². The lowest BCUT2D eigenvalue weighted by atomic mass is 10.1. The number of rotatable bonds is 3. The Bertz CT molecular complexity index is 939. The molecular formula is C20H23N5O. The molecule has 3 aromatic rings. The SMILES string of the molecule is CCn1ccc(C(=O)N2CCCn3nc(-c4cccc(C)c4)cc3C2)n1. The number of amides is 1. The molecule has 6 nitrogen and oxygen atoms in total. The van der Waals surface area contributed by atoms with Crippen LogP contribution in [0.2, 0.25) is 0 Å². The van der Waals surface area contributed by atoms with E-state index in [0.29, 0.717) is 12.2 Å². The number of aryl methyl sites for hydroxylation is 3. The van der Waals surface area contributed by atoms with Gasteiger partial charge in [-0.05, 0) is 38.5 Å². The molecule has 2 aromatic heterocycles. The highest BCUT2D eigenvalue weighted by Gasteiger charge is 2.23. The molecular weight excluding hydrogens is 326 g/mol. The Kier molecular flexibility index (Phi) is 4.32. The van der Waals surface area contributed by atoms with Gasteiger partial charge in [0.05, 0.1) is 17.9 Å². The highest BCUT2D eigenvalue weighted by Crippen LogP contribution is 2.23. The molecule has 1 aliphatic heterocycles. The van der Waals surface area contributed by atoms with Gasteiger partial charge in [-0.1, -0.05) is 23.8 Å². The normalized spacial score (nSPS) is 14.2. The molecule has 0 saturated carbocycles. The highest BCUT2D eigenvalue weighted by atomic mass is 16.2. The van der Waals surface area contributed by atoms with Gasteiger partial charge >= 0.3 is 0 Å². The maximum atomic E-state index is 12.8. The summed E-state index contributed by atoms with van der Waals surface area (Å²) in [6, 6.07) is 12.3. The Morgan fingerprint density at radius 2 is 2.04 bits per heavy atom. The van der Waals surface area contributed by atoms with Crippen molar-refractivity contribution >= 4 is 5.91 Å². The topological polar surface area (TPSA) is 56.0 Å². The van der Waals surface area contributed by atoms with Crippen LogP contribution in [0.4, 0.5) is 0 Å². The van der Waals surface area contributed by atoms with Gasteiger partial charge in [-0.3, -0.25) is 14.2 Å². The van der Waals surface area contributed by atoms with Crippen molar-refractivity contribution in [3.63, 3.8) is 0 Å². The van der Waals surface area contributed by atoms with Crippen molar-refractivity contribution < 1.29 is 4.79 Å². The molecule has 1 amide bonds. The first-order valence-electron chi connectivity index (χ1n) is 9.10. The van der Waals surface area contributed by atoms with E-state index in [0.717, 1.165) is 43.0 Å². The maximum absolute atomic E-state index is 12.8. The number of hydrogen-bond acceptors (Lipinski definition) is 3.